The van der Waals surface area contributed by atoms with Gasteiger partial charge in [0.05, 0.1) is 19.8 Å². The molecule has 3 heteroatoms. The summed E-state index contributed by atoms with van der Waals surface area (Å²) < 4.78 is 11.1. The maximum Gasteiger partial charge on any atom is 0.0718 e. The van der Waals surface area contributed by atoms with Crippen LogP contribution in [0.2, 0.25) is 0 Å². The van der Waals surface area contributed by atoms with Gasteiger partial charge >= 0.3 is 0 Å². The molecule has 0 unspecified atom stereocenters. The summed E-state index contributed by atoms with van der Waals surface area (Å²) in [6, 6.07) is 8.62. The van der Waals surface area contributed by atoms with Crippen molar-refractivity contribution in [2.45, 2.75) is 40.8 Å². The van der Waals surface area contributed by atoms with Crippen LogP contribution in [0, 0.1) is 11.8 Å². The Morgan fingerprint density at radius 3 is 2.10 bits per heavy atom. The molecule has 0 aliphatic carbocycles. The Hall–Kier alpha value is -0.900. The molecule has 1 aromatic carbocycles. The van der Waals surface area contributed by atoms with Crippen LogP contribution < -0.4 is 5.32 Å². The van der Waals surface area contributed by atoms with E-state index in [4.69, 9.17) is 9.47 Å². The molecule has 0 aromatic heterocycles. The van der Waals surface area contributed by atoms with Crippen LogP contribution in [0.25, 0.3) is 0 Å². The zero-order chi connectivity index (χ0) is 15.5. The van der Waals surface area contributed by atoms with Gasteiger partial charge in [-0.2, -0.15) is 0 Å². The lowest BCUT2D eigenvalue weighted by atomic mass is 10.1. The van der Waals surface area contributed by atoms with E-state index in [1.54, 1.807) is 0 Å². The van der Waals surface area contributed by atoms with Crippen molar-refractivity contribution < 1.29 is 9.47 Å². The van der Waals surface area contributed by atoms with E-state index in [0.717, 1.165) is 19.7 Å². The molecule has 0 saturated heterocycles. The highest BCUT2D eigenvalue weighted by Crippen LogP contribution is 2.06. The van der Waals surface area contributed by atoms with E-state index in [1.807, 2.05) is 0 Å². The van der Waals surface area contributed by atoms with Crippen molar-refractivity contribution in [2.75, 3.05) is 26.4 Å². The standard InChI is InChI=1S/C18H31NO2/c1-15(2)11-19-12-17-5-7-18(8-6-17)14-21-10-9-20-13-16(3)4/h5-8,15-16,19H,9-14H2,1-4H3. The number of rotatable bonds is 11. The van der Waals surface area contributed by atoms with Gasteiger partial charge < -0.3 is 14.8 Å². The number of hydrogen-bond donors (Lipinski definition) is 1. The van der Waals surface area contributed by atoms with E-state index in [2.05, 4.69) is 57.3 Å². The Labute approximate surface area is 130 Å². The van der Waals surface area contributed by atoms with Gasteiger partial charge in [0.25, 0.3) is 0 Å². The zero-order valence-corrected chi connectivity index (χ0v) is 14.0. The first kappa shape index (κ1) is 18.1. The minimum atomic E-state index is 0.585. The van der Waals surface area contributed by atoms with Gasteiger partial charge in [0.15, 0.2) is 0 Å². The summed E-state index contributed by atoms with van der Waals surface area (Å²) in [7, 11) is 0. The second-order valence-electron chi connectivity index (χ2n) is 6.36. The average molecular weight is 293 g/mol. The van der Waals surface area contributed by atoms with E-state index in [9.17, 15) is 0 Å². The molecule has 0 saturated carbocycles. The lowest BCUT2D eigenvalue weighted by molar-refractivity contribution is 0.0314. The molecule has 1 rings (SSSR count). The molecule has 0 aliphatic heterocycles. The van der Waals surface area contributed by atoms with Gasteiger partial charge in [-0.15, -0.1) is 0 Å². The monoisotopic (exact) mass is 293 g/mol. The van der Waals surface area contributed by atoms with Crippen LogP contribution in [-0.2, 0) is 22.6 Å². The third-order valence-electron chi connectivity index (χ3n) is 3.00. The predicted molar refractivity (Wildman–Crippen MR) is 88.3 cm³/mol. The molecule has 0 aliphatic rings. The van der Waals surface area contributed by atoms with Crippen LogP contribution in [0.1, 0.15) is 38.8 Å². The summed E-state index contributed by atoms with van der Waals surface area (Å²) in [4.78, 5) is 0. The SMILES string of the molecule is CC(C)CNCc1ccc(COCCOCC(C)C)cc1. The molecule has 0 spiro atoms. The molecular formula is C18H31NO2. The maximum absolute atomic E-state index is 5.61. The molecule has 1 N–H and O–H groups in total. The highest BCUT2D eigenvalue weighted by Gasteiger charge is 1.98. The van der Waals surface area contributed by atoms with Crippen molar-refractivity contribution >= 4 is 0 Å². The molecule has 0 atom stereocenters. The molecule has 0 radical (unpaired) electrons. The number of nitrogens with one attached hydrogen (secondary N) is 1. The number of ether oxygens (including phenoxy) is 2. The van der Waals surface area contributed by atoms with E-state index in [-0.39, 0.29) is 0 Å². The summed E-state index contributed by atoms with van der Waals surface area (Å²) in [5.74, 6) is 1.28. The Morgan fingerprint density at radius 2 is 1.48 bits per heavy atom. The van der Waals surface area contributed by atoms with E-state index < -0.39 is 0 Å². The van der Waals surface area contributed by atoms with Crippen molar-refractivity contribution in [3.63, 3.8) is 0 Å². The lowest BCUT2D eigenvalue weighted by Gasteiger charge is -2.09. The number of hydrogen-bond acceptors (Lipinski definition) is 3. The first-order chi connectivity index (χ1) is 10.1. The van der Waals surface area contributed by atoms with Gasteiger partial charge in [0.2, 0.25) is 0 Å². The smallest absolute Gasteiger partial charge is 0.0718 e. The third kappa shape index (κ3) is 9.62. The van der Waals surface area contributed by atoms with Gasteiger partial charge in [0, 0.05) is 13.2 Å². The molecular weight excluding hydrogens is 262 g/mol. The average Bonchev–Trinajstić information content (AvgIpc) is 2.43. The van der Waals surface area contributed by atoms with Crippen LogP contribution in [0.15, 0.2) is 24.3 Å². The van der Waals surface area contributed by atoms with Crippen molar-refractivity contribution in [3.8, 4) is 0 Å². The Kier molecular flexibility index (Phi) is 9.31. The van der Waals surface area contributed by atoms with Crippen LogP contribution in [0.3, 0.4) is 0 Å². The molecule has 0 heterocycles. The van der Waals surface area contributed by atoms with Crippen LogP contribution in [0.4, 0.5) is 0 Å². The molecule has 0 fully saturated rings. The van der Waals surface area contributed by atoms with Crippen molar-refractivity contribution in [1.29, 1.82) is 0 Å². The van der Waals surface area contributed by atoms with Crippen LogP contribution in [-0.4, -0.2) is 26.4 Å². The predicted octanol–water partition coefficient (Wildman–Crippen LogP) is 3.62. The summed E-state index contributed by atoms with van der Waals surface area (Å²) in [6.45, 7) is 13.5. The van der Waals surface area contributed by atoms with Crippen molar-refractivity contribution in [3.05, 3.63) is 35.4 Å². The largest absolute Gasteiger partial charge is 0.379 e. The molecule has 1 aromatic rings. The van der Waals surface area contributed by atoms with Crippen LogP contribution >= 0.6 is 0 Å². The van der Waals surface area contributed by atoms with Gasteiger partial charge in [-0.25, -0.2) is 0 Å². The fraction of sp³-hybridized carbons (Fsp3) is 0.667. The third-order valence-corrected chi connectivity index (χ3v) is 3.00. The molecule has 21 heavy (non-hydrogen) atoms. The molecule has 120 valence electrons. The lowest BCUT2D eigenvalue weighted by Crippen LogP contribution is -2.18. The summed E-state index contributed by atoms with van der Waals surface area (Å²) in [6.07, 6.45) is 0. The quantitative estimate of drug-likeness (QED) is 0.632. The fourth-order valence-electron chi connectivity index (χ4n) is 1.89. The van der Waals surface area contributed by atoms with E-state index >= 15 is 0 Å². The summed E-state index contributed by atoms with van der Waals surface area (Å²) >= 11 is 0. The minimum absolute atomic E-state index is 0.585. The normalized spacial score (nSPS) is 11.5. The highest BCUT2D eigenvalue weighted by molar-refractivity contribution is 5.21. The van der Waals surface area contributed by atoms with Gasteiger partial charge in [-0.1, -0.05) is 52.0 Å². The van der Waals surface area contributed by atoms with Gasteiger partial charge in [-0.05, 0) is 29.5 Å². The second kappa shape index (κ2) is 10.8. The minimum Gasteiger partial charge on any atom is -0.379 e. The summed E-state index contributed by atoms with van der Waals surface area (Å²) in [5.41, 5.74) is 2.53. The molecule has 3 nitrogen and oxygen atoms in total. The van der Waals surface area contributed by atoms with E-state index in [1.165, 1.54) is 11.1 Å². The zero-order valence-electron chi connectivity index (χ0n) is 14.0. The van der Waals surface area contributed by atoms with Gasteiger partial charge in [-0.3, -0.25) is 0 Å². The van der Waals surface area contributed by atoms with E-state index in [0.29, 0.717) is 31.7 Å². The van der Waals surface area contributed by atoms with Gasteiger partial charge in [0.1, 0.15) is 0 Å². The topological polar surface area (TPSA) is 30.5 Å². The van der Waals surface area contributed by atoms with Crippen LogP contribution in [0.5, 0.6) is 0 Å². The number of benzene rings is 1. The Morgan fingerprint density at radius 1 is 0.857 bits per heavy atom. The Bertz CT molecular complexity index is 360. The second-order valence-corrected chi connectivity index (χ2v) is 6.36. The maximum atomic E-state index is 5.61. The first-order valence-corrected chi connectivity index (χ1v) is 8.02. The fourth-order valence-corrected chi connectivity index (χ4v) is 1.89. The molecule has 0 amide bonds. The highest BCUT2D eigenvalue weighted by atomic mass is 16.5. The Balaban J connectivity index is 2.13. The van der Waals surface area contributed by atoms with Crippen molar-refractivity contribution in [1.82, 2.24) is 5.32 Å². The summed E-state index contributed by atoms with van der Waals surface area (Å²) in [5, 5.41) is 3.45. The van der Waals surface area contributed by atoms with Crippen molar-refractivity contribution in [2.24, 2.45) is 11.8 Å². The molecule has 0 bridgehead atoms. The first-order valence-electron chi connectivity index (χ1n) is 8.02.